The summed E-state index contributed by atoms with van der Waals surface area (Å²) in [4.78, 5) is 0. The van der Waals surface area contributed by atoms with E-state index in [0.29, 0.717) is 5.82 Å². The summed E-state index contributed by atoms with van der Waals surface area (Å²) < 4.78 is 14.4. The van der Waals surface area contributed by atoms with Crippen molar-refractivity contribution in [3.63, 3.8) is 0 Å². The van der Waals surface area contributed by atoms with Gasteiger partial charge in [-0.1, -0.05) is 0 Å². The van der Waals surface area contributed by atoms with Crippen molar-refractivity contribution in [1.29, 1.82) is 0 Å². The third-order valence-electron chi connectivity index (χ3n) is 4.61. The molecule has 0 radical (unpaired) electrons. The average molecular weight is 248 g/mol. The fourth-order valence-corrected chi connectivity index (χ4v) is 2.78. The summed E-state index contributed by atoms with van der Waals surface area (Å²) in [5.74, 6) is 0.308. The van der Waals surface area contributed by atoms with Gasteiger partial charge in [0.05, 0.1) is 11.2 Å². The van der Waals surface area contributed by atoms with Crippen LogP contribution >= 0.6 is 0 Å². The second kappa shape index (κ2) is 3.84. The Bertz CT molecular complexity index is 440. The quantitative estimate of drug-likeness (QED) is 0.716. The number of hydrogen-bond acceptors (Lipinski definition) is 3. The van der Waals surface area contributed by atoms with Crippen LogP contribution in [0.25, 0.3) is 0 Å². The highest BCUT2D eigenvalue weighted by molar-refractivity contribution is 6.47. The number of fused-ring (bicyclic) bond motifs is 1. The van der Waals surface area contributed by atoms with Gasteiger partial charge in [0, 0.05) is 24.3 Å². The highest BCUT2D eigenvalue weighted by Crippen LogP contribution is 2.42. The van der Waals surface area contributed by atoms with Gasteiger partial charge < -0.3 is 9.31 Å². The summed E-state index contributed by atoms with van der Waals surface area (Å²) in [5.41, 5.74) is 0.750. The van der Waals surface area contributed by atoms with E-state index in [4.69, 9.17) is 9.31 Å². The highest BCUT2D eigenvalue weighted by atomic mass is 16.7. The highest BCUT2D eigenvalue weighted by Gasteiger charge is 2.54. The van der Waals surface area contributed by atoms with E-state index in [1.165, 1.54) is 5.69 Å². The molecule has 2 aliphatic heterocycles. The molecule has 0 aromatic carbocycles. The van der Waals surface area contributed by atoms with E-state index in [0.717, 1.165) is 19.4 Å². The van der Waals surface area contributed by atoms with Crippen molar-refractivity contribution < 1.29 is 9.31 Å². The van der Waals surface area contributed by atoms with Crippen LogP contribution in [0.4, 0.5) is 0 Å². The molecule has 0 bridgehead atoms. The summed E-state index contributed by atoms with van der Waals surface area (Å²) >= 11 is 0. The lowest BCUT2D eigenvalue weighted by Gasteiger charge is -2.32. The van der Waals surface area contributed by atoms with Crippen LogP contribution in [-0.4, -0.2) is 28.1 Å². The molecule has 0 aliphatic carbocycles. The SMILES string of the molecule is CC1(C)OB(C2CCCn3nccc32)OC1(C)C. The van der Waals surface area contributed by atoms with Gasteiger partial charge in [0.25, 0.3) is 0 Å². The lowest BCUT2D eigenvalue weighted by atomic mass is 9.66. The molecule has 3 rings (SSSR count). The Hall–Kier alpha value is -0.805. The van der Waals surface area contributed by atoms with Gasteiger partial charge in [-0.3, -0.25) is 4.68 Å². The van der Waals surface area contributed by atoms with Gasteiger partial charge in [-0.2, -0.15) is 5.10 Å². The second-order valence-corrected chi connectivity index (χ2v) is 6.35. The third kappa shape index (κ3) is 1.72. The van der Waals surface area contributed by atoms with E-state index in [2.05, 4.69) is 43.5 Å². The van der Waals surface area contributed by atoms with E-state index in [1.807, 2.05) is 6.20 Å². The van der Waals surface area contributed by atoms with Crippen LogP contribution in [-0.2, 0) is 15.9 Å². The van der Waals surface area contributed by atoms with Gasteiger partial charge in [0.2, 0.25) is 0 Å². The normalized spacial score (nSPS) is 29.3. The lowest BCUT2D eigenvalue weighted by Crippen LogP contribution is -2.41. The molecule has 1 saturated heterocycles. The Balaban J connectivity index is 1.87. The smallest absolute Gasteiger partial charge is 0.403 e. The molecule has 2 aliphatic rings. The minimum atomic E-state index is -0.250. The van der Waals surface area contributed by atoms with Gasteiger partial charge in [-0.25, -0.2) is 0 Å². The topological polar surface area (TPSA) is 36.3 Å². The first kappa shape index (κ1) is 12.2. The predicted molar refractivity (Wildman–Crippen MR) is 70.3 cm³/mol. The Labute approximate surface area is 109 Å². The lowest BCUT2D eigenvalue weighted by molar-refractivity contribution is 0.00578. The van der Waals surface area contributed by atoms with E-state index in [9.17, 15) is 0 Å². The Morgan fingerprint density at radius 3 is 2.61 bits per heavy atom. The van der Waals surface area contributed by atoms with E-state index >= 15 is 0 Å². The number of aryl methyl sites for hydroxylation is 1. The summed E-state index contributed by atoms with van der Waals surface area (Å²) in [6, 6.07) is 2.09. The van der Waals surface area contributed by atoms with Crippen molar-refractivity contribution in [2.24, 2.45) is 0 Å². The van der Waals surface area contributed by atoms with Gasteiger partial charge in [0.15, 0.2) is 0 Å². The van der Waals surface area contributed by atoms with Crippen molar-refractivity contribution in [3.05, 3.63) is 18.0 Å². The van der Waals surface area contributed by atoms with Crippen LogP contribution in [0.1, 0.15) is 52.0 Å². The molecule has 1 aromatic rings. The van der Waals surface area contributed by atoms with Gasteiger partial charge in [0.1, 0.15) is 0 Å². The molecule has 1 unspecified atom stereocenters. The molecule has 3 heterocycles. The molecule has 4 nitrogen and oxygen atoms in total. The molecular weight excluding hydrogens is 227 g/mol. The standard InChI is InChI=1S/C13H21BN2O2/c1-12(2)13(3,4)18-14(17-12)10-6-5-9-16-11(10)7-8-15-16/h7-8,10H,5-6,9H2,1-4H3. The monoisotopic (exact) mass is 248 g/mol. The maximum atomic E-state index is 6.17. The molecule has 1 fully saturated rings. The first-order chi connectivity index (χ1) is 8.41. The number of rotatable bonds is 1. The fourth-order valence-electron chi connectivity index (χ4n) is 2.78. The molecule has 5 heteroatoms. The predicted octanol–water partition coefficient (Wildman–Crippen LogP) is 2.39. The first-order valence-electron chi connectivity index (χ1n) is 6.78. The van der Waals surface area contributed by atoms with E-state index < -0.39 is 0 Å². The fraction of sp³-hybridized carbons (Fsp3) is 0.769. The molecule has 1 atom stereocenters. The Kier molecular flexibility index (Phi) is 2.61. The summed E-state index contributed by atoms with van der Waals surface area (Å²) in [7, 11) is -0.147. The van der Waals surface area contributed by atoms with E-state index in [1.54, 1.807) is 0 Å². The summed E-state index contributed by atoms with van der Waals surface area (Å²) in [6.45, 7) is 9.43. The van der Waals surface area contributed by atoms with Crippen LogP contribution in [0, 0.1) is 0 Å². The molecule has 98 valence electrons. The maximum absolute atomic E-state index is 6.17. The minimum Gasteiger partial charge on any atom is -0.403 e. The first-order valence-corrected chi connectivity index (χ1v) is 6.78. The van der Waals surface area contributed by atoms with Gasteiger partial charge >= 0.3 is 7.12 Å². The minimum absolute atomic E-state index is 0.147. The Morgan fingerprint density at radius 1 is 1.28 bits per heavy atom. The van der Waals surface area contributed by atoms with Gasteiger partial charge in [-0.15, -0.1) is 0 Å². The number of nitrogens with zero attached hydrogens (tertiary/aromatic N) is 2. The molecule has 0 saturated carbocycles. The number of aromatic nitrogens is 2. The van der Waals surface area contributed by atoms with Crippen LogP contribution in [0.3, 0.4) is 0 Å². The Morgan fingerprint density at radius 2 is 1.94 bits per heavy atom. The molecule has 0 spiro atoms. The van der Waals surface area contributed by atoms with Crippen molar-refractivity contribution in [1.82, 2.24) is 9.78 Å². The largest absolute Gasteiger partial charge is 0.467 e. The maximum Gasteiger partial charge on any atom is 0.467 e. The van der Waals surface area contributed by atoms with Crippen molar-refractivity contribution in [2.45, 2.75) is 64.1 Å². The zero-order chi connectivity index (χ0) is 13.0. The molecule has 18 heavy (non-hydrogen) atoms. The summed E-state index contributed by atoms with van der Waals surface area (Å²) in [5, 5.41) is 4.36. The average Bonchev–Trinajstić information content (AvgIpc) is 2.81. The van der Waals surface area contributed by atoms with Crippen molar-refractivity contribution >= 4 is 7.12 Å². The molecule has 1 aromatic heterocycles. The number of hydrogen-bond donors (Lipinski definition) is 0. The van der Waals surface area contributed by atoms with Crippen molar-refractivity contribution in [2.75, 3.05) is 0 Å². The molecule has 0 N–H and O–H groups in total. The van der Waals surface area contributed by atoms with E-state index in [-0.39, 0.29) is 18.3 Å². The third-order valence-corrected chi connectivity index (χ3v) is 4.61. The molecule has 0 amide bonds. The van der Waals surface area contributed by atoms with Gasteiger partial charge in [-0.05, 0) is 46.6 Å². The van der Waals surface area contributed by atoms with Crippen LogP contribution < -0.4 is 0 Å². The second-order valence-electron chi connectivity index (χ2n) is 6.35. The van der Waals surface area contributed by atoms with Crippen LogP contribution in [0.2, 0.25) is 0 Å². The van der Waals surface area contributed by atoms with Crippen LogP contribution in [0.5, 0.6) is 0 Å². The zero-order valence-corrected chi connectivity index (χ0v) is 11.6. The zero-order valence-electron chi connectivity index (χ0n) is 11.6. The van der Waals surface area contributed by atoms with Crippen molar-refractivity contribution in [3.8, 4) is 0 Å². The molecular formula is C13H21BN2O2. The summed E-state index contributed by atoms with van der Waals surface area (Å²) in [6.07, 6.45) is 4.13. The van der Waals surface area contributed by atoms with Crippen LogP contribution in [0.15, 0.2) is 12.3 Å².